The molecule has 2 aromatic heterocycles. The van der Waals surface area contributed by atoms with Crippen molar-refractivity contribution in [3.8, 4) is 0 Å². The van der Waals surface area contributed by atoms with Gasteiger partial charge in [-0.25, -0.2) is 9.48 Å². The van der Waals surface area contributed by atoms with E-state index in [4.69, 9.17) is 4.42 Å². The molecule has 0 spiro atoms. The van der Waals surface area contributed by atoms with Crippen LogP contribution >= 0.6 is 0 Å². The number of carbonyl (C=O) groups is 1. The van der Waals surface area contributed by atoms with Crippen molar-refractivity contribution in [3.63, 3.8) is 0 Å². The maximum atomic E-state index is 12.4. The van der Waals surface area contributed by atoms with Gasteiger partial charge >= 0.3 is 6.03 Å². The Balaban J connectivity index is 2.21. The number of carbonyl (C=O) groups excluding carboxylic acids is 1. The molecule has 0 saturated carbocycles. The zero-order valence-electron chi connectivity index (χ0n) is 15.8. The molecular formula is C18H28N4O3. The van der Waals surface area contributed by atoms with E-state index >= 15 is 0 Å². The molecule has 0 radical (unpaired) electrons. The minimum atomic E-state index is -0.608. The van der Waals surface area contributed by atoms with E-state index < -0.39 is 12.1 Å². The summed E-state index contributed by atoms with van der Waals surface area (Å²) in [5, 5.41) is 19.7. The second-order valence-electron chi connectivity index (χ2n) is 8.10. The first-order chi connectivity index (χ1) is 11.5. The summed E-state index contributed by atoms with van der Waals surface area (Å²) in [4.78, 5) is 12.4. The Labute approximate surface area is 148 Å². The Bertz CT molecular complexity index is 706. The lowest BCUT2D eigenvalue weighted by Crippen LogP contribution is -2.36. The molecule has 2 aromatic rings. The van der Waals surface area contributed by atoms with Crippen molar-refractivity contribution < 1.29 is 14.3 Å². The third-order valence-corrected chi connectivity index (χ3v) is 3.73. The van der Waals surface area contributed by atoms with Crippen LogP contribution in [0.5, 0.6) is 0 Å². The fourth-order valence-electron chi connectivity index (χ4n) is 2.35. The number of hydrogen-bond acceptors (Lipinski definition) is 4. The first-order valence-electron chi connectivity index (χ1n) is 8.35. The summed E-state index contributed by atoms with van der Waals surface area (Å²) in [6.07, 6.45) is 1.50. The normalized spacial score (nSPS) is 13.6. The van der Waals surface area contributed by atoms with Gasteiger partial charge in [0.2, 0.25) is 0 Å². The van der Waals surface area contributed by atoms with Crippen LogP contribution < -0.4 is 10.6 Å². The Hall–Kier alpha value is -2.28. The number of anilines is 1. The van der Waals surface area contributed by atoms with Gasteiger partial charge in [0.1, 0.15) is 17.6 Å². The number of furan rings is 1. The molecule has 138 valence electrons. The highest BCUT2D eigenvalue weighted by Gasteiger charge is 2.26. The molecule has 7 heteroatoms. The van der Waals surface area contributed by atoms with Crippen molar-refractivity contribution in [2.24, 2.45) is 0 Å². The van der Waals surface area contributed by atoms with E-state index in [1.165, 1.54) is 6.26 Å². The highest BCUT2D eigenvalue weighted by Crippen LogP contribution is 2.28. The van der Waals surface area contributed by atoms with E-state index in [0.29, 0.717) is 11.6 Å². The molecule has 2 amide bonds. The fraction of sp³-hybridized carbons (Fsp3) is 0.556. The standard InChI is InChI=1S/C18H28N4O3/c1-17(2,3)14-10-15(22(21-14)18(4,5)6)20-16(24)19-12(11-23)13-8-7-9-25-13/h7-10,12,23H,11H2,1-6H3,(H2,19,20,24). The molecule has 0 bridgehead atoms. The van der Waals surface area contributed by atoms with Gasteiger partial charge in [-0.05, 0) is 32.9 Å². The molecule has 25 heavy (non-hydrogen) atoms. The summed E-state index contributed by atoms with van der Waals surface area (Å²) in [7, 11) is 0. The minimum absolute atomic E-state index is 0.134. The number of amides is 2. The highest BCUT2D eigenvalue weighted by molar-refractivity contribution is 5.88. The predicted molar refractivity (Wildman–Crippen MR) is 96.6 cm³/mol. The minimum Gasteiger partial charge on any atom is -0.467 e. The van der Waals surface area contributed by atoms with Crippen LogP contribution in [0, 0.1) is 0 Å². The van der Waals surface area contributed by atoms with E-state index in [0.717, 1.165) is 5.69 Å². The number of rotatable bonds is 4. The lowest BCUT2D eigenvalue weighted by atomic mass is 9.92. The lowest BCUT2D eigenvalue weighted by Gasteiger charge is -2.23. The van der Waals surface area contributed by atoms with Crippen LogP contribution in [0.4, 0.5) is 10.6 Å². The average molecular weight is 348 g/mol. The second-order valence-corrected chi connectivity index (χ2v) is 8.10. The summed E-state index contributed by atoms with van der Waals surface area (Å²) in [6, 6.07) is 4.26. The molecule has 2 rings (SSSR count). The smallest absolute Gasteiger partial charge is 0.321 e. The number of aliphatic hydroxyl groups is 1. The molecule has 2 heterocycles. The predicted octanol–water partition coefficient (Wildman–Crippen LogP) is 3.38. The third kappa shape index (κ3) is 4.63. The number of nitrogens with one attached hydrogen (secondary N) is 2. The van der Waals surface area contributed by atoms with Crippen LogP contribution in [-0.4, -0.2) is 27.5 Å². The van der Waals surface area contributed by atoms with Gasteiger partial charge in [-0.1, -0.05) is 20.8 Å². The van der Waals surface area contributed by atoms with Crippen molar-refractivity contribution >= 4 is 11.8 Å². The van der Waals surface area contributed by atoms with Gasteiger partial charge in [0.25, 0.3) is 0 Å². The van der Waals surface area contributed by atoms with Crippen LogP contribution in [0.1, 0.15) is 59.0 Å². The number of aromatic nitrogens is 2. The number of urea groups is 1. The summed E-state index contributed by atoms with van der Waals surface area (Å²) in [5.41, 5.74) is 0.469. The molecule has 0 aliphatic heterocycles. The molecule has 0 saturated heterocycles. The SMILES string of the molecule is CC(C)(C)c1cc(NC(=O)NC(CO)c2ccco2)n(C(C)(C)C)n1. The zero-order chi connectivity index (χ0) is 18.8. The molecule has 1 atom stereocenters. The van der Waals surface area contributed by atoms with Crippen molar-refractivity contribution in [2.75, 3.05) is 11.9 Å². The summed E-state index contributed by atoms with van der Waals surface area (Å²) in [6.45, 7) is 12.0. The van der Waals surface area contributed by atoms with Gasteiger partial charge in [0, 0.05) is 11.5 Å². The molecule has 0 aliphatic carbocycles. The lowest BCUT2D eigenvalue weighted by molar-refractivity contribution is 0.214. The number of nitrogens with zero attached hydrogens (tertiary/aromatic N) is 2. The molecule has 0 fully saturated rings. The van der Waals surface area contributed by atoms with Crippen molar-refractivity contribution in [1.29, 1.82) is 0 Å². The molecular weight excluding hydrogens is 320 g/mol. The number of aliphatic hydroxyl groups excluding tert-OH is 1. The Morgan fingerprint density at radius 1 is 1.32 bits per heavy atom. The summed E-state index contributed by atoms with van der Waals surface area (Å²) in [5.74, 6) is 1.10. The van der Waals surface area contributed by atoms with Crippen molar-refractivity contribution in [1.82, 2.24) is 15.1 Å². The summed E-state index contributed by atoms with van der Waals surface area (Å²) < 4.78 is 7.04. The van der Waals surface area contributed by atoms with E-state index in [2.05, 4.69) is 36.5 Å². The third-order valence-electron chi connectivity index (χ3n) is 3.73. The first-order valence-corrected chi connectivity index (χ1v) is 8.35. The fourth-order valence-corrected chi connectivity index (χ4v) is 2.35. The van der Waals surface area contributed by atoms with E-state index in [-0.39, 0.29) is 17.6 Å². The average Bonchev–Trinajstić information content (AvgIpc) is 3.12. The zero-order valence-corrected chi connectivity index (χ0v) is 15.8. The van der Waals surface area contributed by atoms with Crippen LogP contribution in [0.15, 0.2) is 28.9 Å². The van der Waals surface area contributed by atoms with Gasteiger partial charge in [0.15, 0.2) is 0 Å². The quantitative estimate of drug-likeness (QED) is 0.790. The van der Waals surface area contributed by atoms with Crippen LogP contribution in [0.3, 0.4) is 0 Å². The monoisotopic (exact) mass is 348 g/mol. The topological polar surface area (TPSA) is 92.3 Å². The van der Waals surface area contributed by atoms with Gasteiger partial charge in [-0.15, -0.1) is 0 Å². The maximum absolute atomic E-state index is 12.4. The summed E-state index contributed by atoms with van der Waals surface area (Å²) >= 11 is 0. The Kier molecular flexibility index (Phi) is 5.27. The Morgan fingerprint density at radius 2 is 2.00 bits per heavy atom. The molecule has 0 aliphatic rings. The first kappa shape index (κ1) is 19.1. The molecule has 3 N–H and O–H groups in total. The van der Waals surface area contributed by atoms with Gasteiger partial charge in [-0.3, -0.25) is 5.32 Å². The van der Waals surface area contributed by atoms with Crippen LogP contribution in [0.25, 0.3) is 0 Å². The van der Waals surface area contributed by atoms with Crippen molar-refractivity contribution in [2.45, 2.75) is 58.5 Å². The van der Waals surface area contributed by atoms with Gasteiger partial charge in [-0.2, -0.15) is 5.10 Å². The second kappa shape index (κ2) is 6.92. The van der Waals surface area contributed by atoms with Crippen LogP contribution in [0.2, 0.25) is 0 Å². The van der Waals surface area contributed by atoms with Crippen LogP contribution in [-0.2, 0) is 11.0 Å². The van der Waals surface area contributed by atoms with Gasteiger partial charge in [0.05, 0.1) is 24.1 Å². The molecule has 1 unspecified atom stereocenters. The largest absolute Gasteiger partial charge is 0.467 e. The van der Waals surface area contributed by atoms with E-state index in [1.807, 2.05) is 26.8 Å². The van der Waals surface area contributed by atoms with E-state index in [1.54, 1.807) is 16.8 Å². The van der Waals surface area contributed by atoms with Gasteiger partial charge < -0.3 is 14.8 Å². The number of hydrogen-bond donors (Lipinski definition) is 3. The molecule has 0 aromatic carbocycles. The Morgan fingerprint density at radius 3 is 2.48 bits per heavy atom. The molecule has 7 nitrogen and oxygen atoms in total. The highest BCUT2D eigenvalue weighted by atomic mass is 16.3. The maximum Gasteiger partial charge on any atom is 0.321 e. The van der Waals surface area contributed by atoms with Crippen molar-refractivity contribution in [3.05, 3.63) is 35.9 Å². The van der Waals surface area contributed by atoms with E-state index in [9.17, 15) is 9.90 Å².